The minimum atomic E-state index is -2.86. The second-order valence-corrected chi connectivity index (χ2v) is 12.7. The predicted molar refractivity (Wildman–Crippen MR) is 133 cm³/mol. The lowest BCUT2D eigenvalue weighted by Crippen LogP contribution is -2.42. The Labute approximate surface area is 200 Å². The van der Waals surface area contributed by atoms with E-state index in [0.717, 1.165) is 48.1 Å². The van der Waals surface area contributed by atoms with Crippen molar-refractivity contribution >= 4 is 20.7 Å². The second kappa shape index (κ2) is 8.34. The molecule has 0 radical (unpaired) electrons. The van der Waals surface area contributed by atoms with Crippen molar-refractivity contribution < 1.29 is 13.2 Å². The lowest BCUT2D eigenvalue weighted by Gasteiger charge is -2.31. The van der Waals surface area contributed by atoms with Crippen LogP contribution in [0.3, 0.4) is 0 Å². The van der Waals surface area contributed by atoms with Crippen molar-refractivity contribution in [3.8, 4) is 17.1 Å². The Bertz CT molecular complexity index is 1320. The zero-order chi connectivity index (χ0) is 23.4. The molecule has 34 heavy (non-hydrogen) atoms. The van der Waals surface area contributed by atoms with Gasteiger partial charge in [0.1, 0.15) is 5.69 Å². The van der Waals surface area contributed by atoms with Gasteiger partial charge in [0.15, 0.2) is 9.84 Å². The van der Waals surface area contributed by atoms with Crippen molar-refractivity contribution in [3.63, 3.8) is 0 Å². The van der Waals surface area contributed by atoms with Gasteiger partial charge in [-0.25, -0.2) is 13.4 Å². The Morgan fingerprint density at radius 3 is 2.68 bits per heavy atom. The maximum atomic E-state index is 12.1. The highest BCUT2D eigenvalue weighted by Gasteiger charge is 2.44. The molecule has 3 aliphatic rings. The number of likely N-dealkylation sites (tertiary alicyclic amines) is 1. The van der Waals surface area contributed by atoms with Crippen molar-refractivity contribution in [2.24, 2.45) is 11.8 Å². The third-order valence-electron chi connectivity index (χ3n) is 8.34. The van der Waals surface area contributed by atoms with Gasteiger partial charge in [-0.15, -0.1) is 0 Å². The van der Waals surface area contributed by atoms with E-state index >= 15 is 0 Å². The van der Waals surface area contributed by atoms with Gasteiger partial charge in [-0.2, -0.15) is 5.10 Å². The third kappa shape index (κ3) is 3.90. The van der Waals surface area contributed by atoms with E-state index in [1.165, 1.54) is 24.0 Å². The largest absolute Gasteiger partial charge is 0.481 e. The number of H-pyrrole nitrogens is 1. The minimum absolute atomic E-state index is 0.228. The summed E-state index contributed by atoms with van der Waals surface area (Å²) in [7, 11) is -1.24. The second-order valence-electron chi connectivity index (χ2n) is 10.5. The number of hydrogen-bond donors (Lipinski definition) is 1. The Balaban J connectivity index is 1.23. The molecule has 1 saturated carbocycles. The molecule has 1 N–H and O–H groups in total. The Hall–Kier alpha value is -2.45. The molecule has 0 spiro atoms. The predicted octanol–water partition coefficient (Wildman–Crippen LogP) is 3.94. The van der Waals surface area contributed by atoms with Gasteiger partial charge in [-0.05, 0) is 79.7 Å². The summed E-state index contributed by atoms with van der Waals surface area (Å²) in [6.45, 7) is 4.31. The first kappa shape index (κ1) is 22.0. The van der Waals surface area contributed by atoms with E-state index < -0.39 is 9.84 Å². The Kier molecular flexibility index (Phi) is 5.41. The number of fused-ring (bicyclic) bond motifs is 2. The van der Waals surface area contributed by atoms with Crippen LogP contribution in [0.5, 0.6) is 5.88 Å². The number of sulfone groups is 1. The smallest absolute Gasteiger partial charge is 0.213 e. The van der Waals surface area contributed by atoms with E-state index in [-0.39, 0.29) is 6.04 Å². The molecule has 2 aromatic heterocycles. The van der Waals surface area contributed by atoms with Crippen LogP contribution in [0.15, 0.2) is 30.5 Å². The molecule has 2 unspecified atom stereocenters. The molecule has 3 fully saturated rings. The van der Waals surface area contributed by atoms with Crippen LogP contribution >= 0.6 is 0 Å². The van der Waals surface area contributed by atoms with Gasteiger partial charge in [-0.1, -0.05) is 0 Å². The van der Waals surface area contributed by atoms with Gasteiger partial charge in [0.25, 0.3) is 0 Å². The van der Waals surface area contributed by atoms with Crippen LogP contribution in [0, 0.1) is 18.8 Å². The fraction of sp³-hybridized carbons (Fsp3) is 0.538. The molecule has 180 valence electrons. The van der Waals surface area contributed by atoms with Crippen LogP contribution in [-0.4, -0.2) is 66.2 Å². The van der Waals surface area contributed by atoms with E-state index in [0.29, 0.717) is 35.1 Å². The number of methoxy groups -OCH3 is 1. The molecule has 7 nitrogen and oxygen atoms in total. The van der Waals surface area contributed by atoms with Crippen LogP contribution < -0.4 is 4.74 Å². The van der Waals surface area contributed by atoms with E-state index in [9.17, 15) is 8.42 Å². The minimum Gasteiger partial charge on any atom is -0.481 e. The van der Waals surface area contributed by atoms with Crippen LogP contribution in [0.1, 0.15) is 42.7 Å². The van der Waals surface area contributed by atoms with E-state index in [4.69, 9.17) is 4.74 Å². The van der Waals surface area contributed by atoms with E-state index in [2.05, 4.69) is 39.1 Å². The van der Waals surface area contributed by atoms with Crippen LogP contribution in [0.25, 0.3) is 22.2 Å². The van der Waals surface area contributed by atoms with Gasteiger partial charge in [0.05, 0.1) is 24.1 Å². The summed E-state index contributed by atoms with van der Waals surface area (Å²) >= 11 is 0. The molecule has 0 amide bonds. The summed E-state index contributed by atoms with van der Waals surface area (Å²) in [5.74, 6) is 3.19. The van der Waals surface area contributed by atoms with Crippen molar-refractivity contribution in [2.75, 3.05) is 31.7 Å². The lowest BCUT2D eigenvalue weighted by molar-refractivity contribution is 0.223. The summed E-state index contributed by atoms with van der Waals surface area (Å²) in [6.07, 6.45) is 5.97. The van der Waals surface area contributed by atoms with Crippen LogP contribution in [-0.2, 0) is 9.84 Å². The van der Waals surface area contributed by atoms with Crippen LogP contribution in [0.2, 0.25) is 0 Å². The number of benzene rings is 1. The van der Waals surface area contributed by atoms with Gasteiger partial charge < -0.3 is 4.74 Å². The average Bonchev–Trinajstić information content (AvgIpc) is 3.51. The molecule has 1 aromatic carbocycles. The van der Waals surface area contributed by atoms with Gasteiger partial charge in [-0.3, -0.25) is 10.00 Å². The summed E-state index contributed by atoms with van der Waals surface area (Å²) < 4.78 is 29.6. The molecule has 3 aromatic rings. The highest BCUT2D eigenvalue weighted by Crippen LogP contribution is 2.48. The fourth-order valence-corrected chi connectivity index (χ4v) is 8.43. The first-order valence-corrected chi connectivity index (χ1v) is 14.2. The van der Waals surface area contributed by atoms with Gasteiger partial charge in [0.2, 0.25) is 5.88 Å². The molecule has 0 bridgehead atoms. The maximum absolute atomic E-state index is 12.1. The van der Waals surface area contributed by atoms with Crippen molar-refractivity contribution in [1.29, 1.82) is 0 Å². The molecule has 2 aliphatic heterocycles. The molecule has 1 aliphatic carbocycles. The average molecular weight is 481 g/mol. The SMILES string of the molecule is COc1cc(-c2n[nH]c3cc(C)c(C4C[C@@H]5CN(C6CCCS(=O)(=O)C6)C[C@@H]5C4)cc23)ccn1. The van der Waals surface area contributed by atoms with Gasteiger partial charge in [0, 0.05) is 42.3 Å². The number of nitrogens with zero attached hydrogens (tertiary/aromatic N) is 3. The van der Waals surface area contributed by atoms with E-state index in [1.807, 2.05) is 12.1 Å². The zero-order valence-corrected chi connectivity index (χ0v) is 20.6. The number of aromatic nitrogens is 3. The molecule has 2 saturated heterocycles. The van der Waals surface area contributed by atoms with Gasteiger partial charge >= 0.3 is 0 Å². The number of hydrogen-bond acceptors (Lipinski definition) is 6. The molecule has 6 rings (SSSR count). The standard InChI is InChI=1S/C26H32N4O3S/c1-16-8-24-23(26(29-28-24)17-5-6-27-25(11-17)33-2)12-22(16)18-9-19-13-30(14-20(19)10-18)21-4-3-7-34(31,32)15-21/h5-6,8,11-12,18-21H,3-4,7,9-10,13-15H2,1-2H3,(H,28,29)/t18?,19-,20+,21?. The van der Waals surface area contributed by atoms with Crippen molar-refractivity contribution in [1.82, 2.24) is 20.1 Å². The number of rotatable bonds is 4. The normalized spacial score (nSPS) is 28.9. The molecule has 4 atom stereocenters. The highest BCUT2D eigenvalue weighted by molar-refractivity contribution is 7.91. The number of ether oxygens (including phenoxy) is 1. The molecular formula is C26H32N4O3S. The third-order valence-corrected chi connectivity index (χ3v) is 10.1. The summed E-state index contributed by atoms with van der Waals surface area (Å²) in [4.78, 5) is 6.71. The monoisotopic (exact) mass is 480 g/mol. The zero-order valence-electron chi connectivity index (χ0n) is 19.8. The molecule has 8 heteroatoms. The quantitative estimate of drug-likeness (QED) is 0.608. The summed E-state index contributed by atoms with van der Waals surface area (Å²) in [6, 6.07) is 8.69. The Morgan fingerprint density at radius 2 is 1.94 bits per heavy atom. The molecule has 4 heterocycles. The number of nitrogens with one attached hydrogen (secondary N) is 1. The maximum Gasteiger partial charge on any atom is 0.213 e. The Morgan fingerprint density at radius 1 is 1.15 bits per heavy atom. The van der Waals surface area contributed by atoms with Crippen molar-refractivity contribution in [3.05, 3.63) is 41.6 Å². The number of aryl methyl sites for hydroxylation is 1. The molecular weight excluding hydrogens is 448 g/mol. The highest BCUT2D eigenvalue weighted by atomic mass is 32.2. The lowest BCUT2D eigenvalue weighted by atomic mass is 9.90. The topological polar surface area (TPSA) is 88.2 Å². The first-order valence-electron chi connectivity index (χ1n) is 12.3. The van der Waals surface area contributed by atoms with E-state index in [1.54, 1.807) is 13.3 Å². The van der Waals surface area contributed by atoms with Crippen molar-refractivity contribution in [2.45, 2.75) is 44.6 Å². The van der Waals surface area contributed by atoms with Crippen LogP contribution in [0.4, 0.5) is 0 Å². The first-order chi connectivity index (χ1) is 16.4. The number of aromatic amines is 1. The number of pyridine rings is 1. The summed E-state index contributed by atoms with van der Waals surface area (Å²) in [5.41, 5.74) is 5.72. The fourth-order valence-electron chi connectivity index (χ4n) is 6.69. The summed E-state index contributed by atoms with van der Waals surface area (Å²) in [5, 5.41) is 8.96.